The molecule has 0 aliphatic heterocycles. The second-order valence-electron chi connectivity index (χ2n) is 5.89. The van der Waals surface area contributed by atoms with E-state index < -0.39 is 17.5 Å². The van der Waals surface area contributed by atoms with Gasteiger partial charge in [-0.3, -0.25) is 4.79 Å². The number of pyridine rings is 1. The van der Waals surface area contributed by atoms with E-state index in [1.165, 1.54) is 11.3 Å². The molecule has 0 unspecified atom stereocenters. The Morgan fingerprint density at radius 2 is 1.86 bits per heavy atom. The van der Waals surface area contributed by atoms with Crippen LogP contribution in [-0.4, -0.2) is 10.8 Å². The number of aromatic nitrogens is 1. The number of hydrogen-bond acceptors (Lipinski definition) is 5. The van der Waals surface area contributed by atoms with Crippen LogP contribution in [0.15, 0.2) is 52.3 Å². The smallest absolute Gasteiger partial charge is 0.397 e. The van der Waals surface area contributed by atoms with Crippen LogP contribution in [0.5, 0.6) is 0 Å². The third-order valence-corrected chi connectivity index (χ3v) is 6.61. The molecule has 0 bridgehead atoms. The van der Waals surface area contributed by atoms with Crippen molar-refractivity contribution in [3.63, 3.8) is 0 Å². The molecule has 0 fully saturated rings. The lowest BCUT2D eigenvalue weighted by atomic mass is 10.1. The van der Waals surface area contributed by atoms with Gasteiger partial charge in [0.25, 0.3) is 0 Å². The van der Waals surface area contributed by atoms with Gasteiger partial charge in [-0.05, 0) is 41.8 Å². The van der Waals surface area contributed by atoms with Crippen molar-refractivity contribution in [2.75, 3.05) is 5.73 Å². The largest absolute Gasteiger partial charge is 0.417 e. The van der Waals surface area contributed by atoms with Gasteiger partial charge in [0.2, 0.25) is 5.78 Å². The summed E-state index contributed by atoms with van der Waals surface area (Å²) >= 11 is 5.46. The molecular formula is C19H10BrF3N2OS2. The van der Waals surface area contributed by atoms with Crippen molar-refractivity contribution in [2.24, 2.45) is 0 Å². The molecule has 3 nitrogen and oxygen atoms in total. The number of rotatable bonds is 3. The molecular weight excluding hydrogens is 473 g/mol. The van der Waals surface area contributed by atoms with Crippen molar-refractivity contribution < 1.29 is 18.0 Å². The van der Waals surface area contributed by atoms with Crippen LogP contribution in [0.1, 0.15) is 20.8 Å². The van der Waals surface area contributed by atoms with Crippen molar-refractivity contribution in [3.8, 4) is 10.6 Å². The van der Waals surface area contributed by atoms with Crippen molar-refractivity contribution in [1.29, 1.82) is 0 Å². The summed E-state index contributed by atoms with van der Waals surface area (Å²) in [5.74, 6) is -0.432. The molecule has 0 amide bonds. The fourth-order valence-electron chi connectivity index (χ4n) is 2.80. The first-order valence-corrected chi connectivity index (χ1v) is 10.4. The first-order valence-electron chi connectivity index (χ1n) is 7.90. The highest BCUT2D eigenvalue weighted by atomic mass is 79.9. The highest BCUT2D eigenvalue weighted by Crippen LogP contribution is 2.44. The van der Waals surface area contributed by atoms with E-state index in [1.54, 1.807) is 41.8 Å². The monoisotopic (exact) mass is 482 g/mol. The summed E-state index contributed by atoms with van der Waals surface area (Å²) in [6, 6.07) is 11.0. The molecule has 4 rings (SSSR count). The minimum Gasteiger partial charge on any atom is -0.397 e. The zero-order valence-electron chi connectivity index (χ0n) is 13.9. The van der Waals surface area contributed by atoms with Gasteiger partial charge >= 0.3 is 6.18 Å². The third kappa shape index (κ3) is 3.34. The first kappa shape index (κ1) is 19.1. The molecule has 0 saturated heterocycles. The van der Waals surface area contributed by atoms with E-state index in [1.807, 2.05) is 0 Å². The van der Waals surface area contributed by atoms with Crippen LogP contribution >= 0.6 is 38.6 Å². The van der Waals surface area contributed by atoms with Crippen molar-refractivity contribution >= 4 is 60.3 Å². The van der Waals surface area contributed by atoms with Crippen molar-refractivity contribution in [2.45, 2.75) is 6.18 Å². The highest BCUT2D eigenvalue weighted by molar-refractivity contribution is 9.10. The minimum absolute atomic E-state index is 0.0543. The molecule has 0 spiro atoms. The van der Waals surface area contributed by atoms with E-state index in [4.69, 9.17) is 5.73 Å². The summed E-state index contributed by atoms with van der Waals surface area (Å²) in [5, 5.41) is 1.54. The third-order valence-electron chi connectivity index (χ3n) is 4.09. The number of ketones is 1. The number of thiophene rings is 2. The Balaban J connectivity index is 1.94. The number of nitrogens with two attached hydrogens (primary N) is 1. The molecule has 3 heterocycles. The zero-order chi connectivity index (χ0) is 20.1. The van der Waals surface area contributed by atoms with Gasteiger partial charge in [0.1, 0.15) is 9.71 Å². The van der Waals surface area contributed by atoms with Crippen molar-refractivity contribution in [3.05, 3.63) is 68.3 Å². The predicted octanol–water partition coefficient (Wildman–Crippen LogP) is 6.62. The van der Waals surface area contributed by atoms with Gasteiger partial charge in [-0.25, -0.2) is 4.98 Å². The van der Waals surface area contributed by atoms with E-state index in [2.05, 4.69) is 20.9 Å². The van der Waals surface area contributed by atoms with Crippen LogP contribution in [0.2, 0.25) is 0 Å². The van der Waals surface area contributed by atoms with E-state index >= 15 is 0 Å². The molecule has 0 radical (unpaired) electrons. The number of alkyl halides is 3. The van der Waals surface area contributed by atoms with Crippen molar-refractivity contribution in [1.82, 2.24) is 4.98 Å². The molecule has 28 heavy (non-hydrogen) atoms. The quantitative estimate of drug-likeness (QED) is 0.333. The van der Waals surface area contributed by atoms with Crippen LogP contribution in [0, 0.1) is 0 Å². The lowest BCUT2D eigenvalue weighted by molar-refractivity contribution is -0.136. The number of fused-ring (bicyclic) bond motifs is 1. The van der Waals surface area contributed by atoms with Gasteiger partial charge in [0.05, 0.1) is 21.8 Å². The summed E-state index contributed by atoms with van der Waals surface area (Å²) in [4.78, 5) is 17.9. The molecule has 0 saturated carbocycles. The molecule has 0 aliphatic carbocycles. The second kappa shape index (κ2) is 6.98. The minimum atomic E-state index is -4.62. The van der Waals surface area contributed by atoms with Crippen LogP contribution in [0.25, 0.3) is 20.8 Å². The lowest BCUT2D eigenvalue weighted by Crippen LogP contribution is -2.08. The number of anilines is 1. The number of nitrogens with zero attached hydrogens (tertiary/aromatic N) is 1. The number of hydrogen-bond donors (Lipinski definition) is 1. The maximum atomic E-state index is 13.7. The van der Waals surface area contributed by atoms with Crippen LogP contribution in [0.3, 0.4) is 0 Å². The van der Waals surface area contributed by atoms with Gasteiger partial charge in [0, 0.05) is 15.4 Å². The van der Waals surface area contributed by atoms with Crippen LogP contribution in [0.4, 0.5) is 18.9 Å². The van der Waals surface area contributed by atoms with E-state index in [0.717, 1.165) is 21.9 Å². The van der Waals surface area contributed by atoms with Gasteiger partial charge in [-0.2, -0.15) is 13.2 Å². The molecule has 3 aromatic heterocycles. The summed E-state index contributed by atoms with van der Waals surface area (Å²) in [6.45, 7) is 0. The maximum Gasteiger partial charge on any atom is 0.417 e. The average molecular weight is 483 g/mol. The van der Waals surface area contributed by atoms with Gasteiger partial charge < -0.3 is 5.73 Å². The zero-order valence-corrected chi connectivity index (χ0v) is 17.1. The molecule has 0 atom stereocenters. The Morgan fingerprint density at radius 3 is 2.46 bits per heavy atom. The van der Waals surface area contributed by atoms with Crippen LogP contribution in [-0.2, 0) is 6.18 Å². The number of halogens is 4. The maximum absolute atomic E-state index is 13.7. The Hall–Kier alpha value is -2.23. The van der Waals surface area contributed by atoms with Gasteiger partial charge in [0.15, 0.2) is 0 Å². The second-order valence-corrected chi connectivity index (χ2v) is 8.75. The highest BCUT2D eigenvalue weighted by Gasteiger charge is 2.36. The van der Waals surface area contributed by atoms with E-state index in [9.17, 15) is 18.0 Å². The normalized spacial score (nSPS) is 11.9. The SMILES string of the molecule is Nc1c(C(=O)c2ccc(Br)cc2)sc2nc(-c3cccs3)cc(C(F)(F)F)c12. The van der Waals surface area contributed by atoms with Gasteiger partial charge in [-0.1, -0.05) is 22.0 Å². The average Bonchev–Trinajstić information content (AvgIpc) is 3.29. The molecule has 142 valence electrons. The topological polar surface area (TPSA) is 56.0 Å². The Labute approximate surface area is 173 Å². The molecule has 4 aromatic rings. The fraction of sp³-hybridized carbons (Fsp3) is 0.0526. The molecule has 9 heteroatoms. The summed E-state index contributed by atoms with van der Waals surface area (Å²) in [7, 11) is 0. The van der Waals surface area contributed by atoms with E-state index in [0.29, 0.717) is 10.4 Å². The Kier molecular flexibility index (Phi) is 4.76. The molecule has 1 aromatic carbocycles. The number of carbonyl (C=O) groups excluding carboxylic acids is 1. The summed E-state index contributed by atoms with van der Waals surface area (Å²) in [6.07, 6.45) is -4.62. The standard InChI is InChI=1S/C19H10BrF3N2OS2/c20-10-5-3-9(4-6-10)16(26)17-15(24)14-11(19(21,22)23)8-12(25-18(14)28-17)13-2-1-7-27-13/h1-8H,24H2. The molecule has 0 aliphatic rings. The number of nitrogen functional groups attached to an aromatic ring is 1. The fourth-order valence-corrected chi connectivity index (χ4v) is 4.83. The Morgan fingerprint density at radius 1 is 1.14 bits per heavy atom. The predicted molar refractivity (Wildman–Crippen MR) is 110 cm³/mol. The first-order chi connectivity index (χ1) is 13.3. The Bertz CT molecular complexity index is 1180. The summed E-state index contributed by atoms with van der Waals surface area (Å²) in [5.41, 5.74) is 5.49. The van der Waals surface area contributed by atoms with E-state index in [-0.39, 0.29) is 26.5 Å². The number of carbonyl (C=O) groups is 1. The summed E-state index contributed by atoms with van der Waals surface area (Å²) < 4.78 is 42.0. The lowest BCUT2D eigenvalue weighted by Gasteiger charge is -2.10. The van der Waals surface area contributed by atoms with Crippen LogP contribution < -0.4 is 5.73 Å². The molecule has 2 N–H and O–H groups in total. The van der Waals surface area contributed by atoms with Gasteiger partial charge in [-0.15, -0.1) is 22.7 Å². The number of benzene rings is 1.